The van der Waals surface area contributed by atoms with Crippen LogP contribution < -0.4 is 16.8 Å². The van der Waals surface area contributed by atoms with Gasteiger partial charge >= 0.3 is 5.97 Å². The summed E-state index contributed by atoms with van der Waals surface area (Å²) < 4.78 is 5.19. The Morgan fingerprint density at radius 3 is 2.00 bits per heavy atom. The fraction of sp³-hybridized carbons (Fsp3) is 0.733. The molecule has 0 aromatic carbocycles. The monoisotopic (exact) mass is 329 g/mol. The molecular weight excluding hydrogens is 302 g/mol. The first-order valence-corrected chi connectivity index (χ1v) is 7.43. The van der Waals surface area contributed by atoms with E-state index in [-0.39, 0.29) is 12.8 Å². The number of carbonyl (C=O) groups excluding carboxylic acids is 4. The second-order valence-electron chi connectivity index (χ2n) is 6.59. The smallest absolute Gasteiger partial charge is 0.310 e. The van der Waals surface area contributed by atoms with Crippen molar-refractivity contribution in [2.45, 2.75) is 65.1 Å². The Hall–Kier alpha value is -1.96. The molecule has 0 aliphatic carbocycles. The van der Waals surface area contributed by atoms with E-state index in [4.69, 9.17) is 16.2 Å². The van der Waals surface area contributed by atoms with E-state index >= 15 is 0 Å². The van der Waals surface area contributed by atoms with Crippen LogP contribution in [0, 0.1) is 5.92 Å². The topological polar surface area (TPSA) is 142 Å². The fourth-order valence-electron chi connectivity index (χ4n) is 1.71. The van der Waals surface area contributed by atoms with Crippen LogP contribution in [0.4, 0.5) is 0 Å². The Labute approximate surface area is 136 Å². The van der Waals surface area contributed by atoms with Gasteiger partial charge in [0, 0.05) is 12.8 Å². The summed E-state index contributed by atoms with van der Waals surface area (Å²) in [6.07, 6.45) is -0.549. The van der Waals surface area contributed by atoms with Gasteiger partial charge in [-0.15, -0.1) is 0 Å². The van der Waals surface area contributed by atoms with Crippen molar-refractivity contribution in [3.05, 3.63) is 0 Å². The van der Waals surface area contributed by atoms with Gasteiger partial charge in [0.05, 0.1) is 18.0 Å². The Morgan fingerprint density at radius 2 is 1.61 bits per heavy atom. The second kappa shape index (κ2) is 8.61. The van der Waals surface area contributed by atoms with Crippen LogP contribution in [0.15, 0.2) is 0 Å². The molecule has 0 fully saturated rings. The first-order chi connectivity index (χ1) is 10.3. The van der Waals surface area contributed by atoms with Gasteiger partial charge in [-0.2, -0.15) is 0 Å². The van der Waals surface area contributed by atoms with Crippen LogP contribution in [0.3, 0.4) is 0 Å². The molecule has 8 nitrogen and oxygen atoms in total. The van der Waals surface area contributed by atoms with Gasteiger partial charge in [-0.3, -0.25) is 19.2 Å². The lowest BCUT2D eigenvalue weighted by Gasteiger charge is -2.24. The number of primary amides is 1. The lowest BCUT2D eigenvalue weighted by atomic mass is 9.95. The quantitative estimate of drug-likeness (QED) is 0.519. The van der Waals surface area contributed by atoms with Crippen molar-refractivity contribution in [2.75, 3.05) is 0 Å². The van der Waals surface area contributed by atoms with E-state index < -0.39 is 47.2 Å². The molecule has 0 bridgehead atoms. The van der Waals surface area contributed by atoms with E-state index in [9.17, 15) is 19.2 Å². The molecule has 3 atom stereocenters. The first kappa shape index (κ1) is 21.0. The van der Waals surface area contributed by atoms with Crippen molar-refractivity contribution >= 4 is 23.6 Å². The maximum absolute atomic E-state index is 12.1. The van der Waals surface area contributed by atoms with E-state index in [2.05, 4.69) is 5.32 Å². The van der Waals surface area contributed by atoms with Crippen LogP contribution in [-0.2, 0) is 23.9 Å². The average Bonchev–Trinajstić information content (AvgIpc) is 2.34. The van der Waals surface area contributed by atoms with Crippen LogP contribution in [0.25, 0.3) is 0 Å². The van der Waals surface area contributed by atoms with Crippen LogP contribution >= 0.6 is 0 Å². The molecule has 5 N–H and O–H groups in total. The number of carbonyl (C=O) groups is 4. The van der Waals surface area contributed by atoms with E-state index in [1.54, 1.807) is 20.8 Å². The molecule has 0 aliphatic rings. The van der Waals surface area contributed by atoms with Gasteiger partial charge in [0.2, 0.25) is 11.8 Å². The summed E-state index contributed by atoms with van der Waals surface area (Å²) in [6, 6.07) is -1.58. The van der Waals surface area contributed by atoms with Crippen molar-refractivity contribution in [1.29, 1.82) is 0 Å². The minimum atomic E-state index is -0.978. The van der Waals surface area contributed by atoms with Gasteiger partial charge in [-0.25, -0.2) is 0 Å². The highest BCUT2D eigenvalue weighted by Gasteiger charge is 2.30. The molecule has 0 unspecified atom stereocenters. The molecule has 0 saturated heterocycles. The molecule has 0 rings (SSSR count). The van der Waals surface area contributed by atoms with Crippen molar-refractivity contribution in [1.82, 2.24) is 5.32 Å². The number of amides is 2. The molecule has 0 heterocycles. The first-order valence-electron chi connectivity index (χ1n) is 7.43. The van der Waals surface area contributed by atoms with Crippen LogP contribution in [0.5, 0.6) is 0 Å². The van der Waals surface area contributed by atoms with Gasteiger partial charge in [-0.05, 0) is 34.6 Å². The molecular formula is C15H27N3O5. The fourth-order valence-corrected chi connectivity index (χ4v) is 1.71. The number of nitrogens with two attached hydrogens (primary N) is 2. The maximum atomic E-state index is 12.1. The molecule has 0 spiro atoms. The number of rotatable bonds is 8. The minimum Gasteiger partial charge on any atom is -0.460 e. The predicted molar refractivity (Wildman–Crippen MR) is 84.0 cm³/mol. The molecule has 0 radical (unpaired) electrons. The maximum Gasteiger partial charge on any atom is 0.310 e. The summed E-state index contributed by atoms with van der Waals surface area (Å²) in [5, 5.41) is 2.44. The number of ketones is 1. The van der Waals surface area contributed by atoms with Crippen molar-refractivity contribution < 1.29 is 23.9 Å². The number of Topliss-reactive ketones (excluding diaryl/α,β-unsaturated/α-hetero) is 1. The zero-order valence-corrected chi connectivity index (χ0v) is 14.3. The van der Waals surface area contributed by atoms with E-state index in [0.29, 0.717) is 0 Å². The minimum absolute atomic E-state index is 0.252. The van der Waals surface area contributed by atoms with E-state index in [1.165, 1.54) is 13.8 Å². The lowest BCUT2D eigenvalue weighted by molar-refractivity contribution is -0.162. The summed E-state index contributed by atoms with van der Waals surface area (Å²) >= 11 is 0. The average molecular weight is 329 g/mol. The third kappa shape index (κ3) is 8.92. The van der Waals surface area contributed by atoms with Crippen LogP contribution in [-0.4, -0.2) is 41.3 Å². The normalized spacial score (nSPS) is 15.2. The van der Waals surface area contributed by atoms with Gasteiger partial charge in [0.15, 0.2) is 5.78 Å². The number of nitrogens with one attached hydrogen (secondary N) is 1. The summed E-state index contributed by atoms with van der Waals surface area (Å²) in [7, 11) is 0. The Morgan fingerprint density at radius 1 is 1.09 bits per heavy atom. The standard InChI is InChI=1S/C15H27N3O5/c1-8(16)13(21)18-9(2)11(19)6-10(7-12(17)20)14(22)23-15(3,4)5/h8-10H,6-7,16H2,1-5H3,(H2,17,20)(H,18,21)/t8-,9+,10-/m0/s1. The van der Waals surface area contributed by atoms with Crippen molar-refractivity contribution in [2.24, 2.45) is 17.4 Å². The Bertz CT molecular complexity index is 468. The molecule has 132 valence electrons. The molecule has 8 heteroatoms. The predicted octanol–water partition coefficient (Wildman–Crippen LogP) is -0.369. The number of hydrogen-bond acceptors (Lipinski definition) is 6. The zero-order valence-electron chi connectivity index (χ0n) is 14.3. The van der Waals surface area contributed by atoms with E-state index in [1.807, 2.05) is 0 Å². The second-order valence-corrected chi connectivity index (χ2v) is 6.59. The molecule has 0 aromatic heterocycles. The summed E-state index contributed by atoms with van der Waals surface area (Å²) in [5.41, 5.74) is 9.79. The molecule has 0 saturated carbocycles. The van der Waals surface area contributed by atoms with Gasteiger partial charge in [0.25, 0.3) is 0 Å². The van der Waals surface area contributed by atoms with Gasteiger partial charge in [0.1, 0.15) is 5.60 Å². The van der Waals surface area contributed by atoms with Crippen molar-refractivity contribution in [3.63, 3.8) is 0 Å². The molecule has 2 amide bonds. The SMILES string of the molecule is C[C@H](N)C(=O)N[C@H](C)C(=O)C[C@@H](CC(N)=O)C(=O)OC(C)(C)C. The Balaban J connectivity index is 4.88. The number of ether oxygens (including phenoxy) is 1. The van der Waals surface area contributed by atoms with Crippen molar-refractivity contribution in [3.8, 4) is 0 Å². The largest absolute Gasteiger partial charge is 0.460 e. The highest BCUT2D eigenvalue weighted by molar-refractivity contribution is 5.93. The molecule has 0 aromatic rings. The molecule has 0 aliphatic heterocycles. The summed E-state index contributed by atoms with van der Waals surface area (Å²) in [5.74, 6) is -3.24. The third-order valence-electron chi connectivity index (χ3n) is 2.89. The number of hydrogen-bond donors (Lipinski definition) is 3. The summed E-state index contributed by atoms with van der Waals surface area (Å²) in [4.78, 5) is 46.8. The zero-order chi connectivity index (χ0) is 18.4. The molecule has 23 heavy (non-hydrogen) atoms. The van der Waals surface area contributed by atoms with E-state index in [0.717, 1.165) is 0 Å². The van der Waals surface area contributed by atoms with Gasteiger partial charge in [-0.1, -0.05) is 0 Å². The number of esters is 1. The van der Waals surface area contributed by atoms with Crippen LogP contribution in [0.1, 0.15) is 47.5 Å². The Kier molecular flexibility index (Phi) is 7.88. The lowest BCUT2D eigenvalue weighted by Crippen LogP contribution is -2.46. The highest BCUT2D eigenvalue weighted by atomic mass is 16.6. The summed E-state index contributed by atoms with van der Waals surface area (Å²) in [6.45, 7) is 8.01. The van der Waals surface area contributed by atoms with Crippen LogP contribution in [0.2, 0.25) is 0 Å². The third-order valence-corrected chi connectivity index (χ3v) is 2.89. The van der Waals surface area contributed by atoms with Gasteiger partial charge < -0.3 is 21.5 Å². The highest BCUT2D eigenvalue weighted by Crippen LogP contribution is 2.17.